The number of nitrogens with one attached hydrogen (secondary N) is 2. The molecule has 1 amide bonds. The Labute approximate surface area is 122 Å². The molecule has 7 heteroatoms. The lowest BCUT2D eigenvalue weighted by Gasteiger charge is -2.31. The molecule has 1 rings (SSSR count). The minimum atomic E-state index is -3.09. The average molecular weight is 305 g/mol. The molecule has 0 aromatic heterocycles. The summed E-state index contributed by atoms with van der Waals surface area (Å²) in [7, 11) is -1.23. The summed E-state index contributed by atoms with van der Waals surface area (Å²) < 4.78 is 25.4. The van der Waals surface area contributed by atoms with E-state index in [1.165, 1.54) is 0 Å². The Balaban J connectivity index is 2.30. The molecule has 1 aliphatic rings. The predicted octanol–water partition coefficient (Wildman–Crippen LogP) is 0.306. The van der Waals surface area contributed by atoms with Crippen LogP contribution < -0.4 is 10.6 Å². The molecule has 0 spiro atoms. The minimum absolute atomic E-state index is 0.0649. The topological polar surface area (TPSA) is 78.5 Å². The van der Waals surface area contributed by atoms with Crippen LogP contribution in [-0.4, -0.2) is 57.1 Å². The Morgan fingerprint density at radius 1 is 1.30 bits per heavy atom. The van der Waals surface area contributed by atoms with Crippen LogP contribution in [0.4, 0.5) is 0 Å². The van der Waals surface area contributed by atoms with Crippen LogP contribution in [0.5, 0.6) is 0 Å². The molecule has 0 radical (unpaired) electrons. The third-order valence-corrected chi connectivity index (χ3v) is 5.58. The van der Waals surface area contributed by atoms with Gasteiger partial charge in [-0.2, -0.15) is 0 Å². The van der Waals surface area contributed by atoms with Crippen LogP contribution in [0.25, 0.3) is 0 Å². The zero-order valence-electron chi connectivity index (χ0n) is 12.5. The molecule has 118 valence electrons. The van der Waals surface area contributed by atoms with E-state index >= 15 is 0 Å². The van der Waals surface area contributed by atoms with E-state index in [4.69, 9.17) is 0 Å². The molecular formula is C13H27N3O3S. The number of piperidine rings is 1. The first-order valence-corrected chi connectivity index (χ1v) is 9.02. The largest absolute Gasteiger partial charge is 0.353 e. The van der Waals surface area contributed by atoms with Crippen LogP contribution in [0, 0.1) is 0 Å². The molecule has 1 fully saturated rings. The van der Waals surface area contributed by atoms with Gasteiger partial charge in [-0.05, 0) is 39.3 Å². The zero-order valence-corrected chi connectivity index (χ0v) is 13.3. The lowest BCUT2D eigenvalue weighted by Crippen LogP contribution is -2.47. The van der Waals surface area contributed by atoms with Gasteiger partial charge in [0.25, 0.3) is 0 Å². The lowest BCUT2D eigenvalue weighted by molar-refractivity contribution is -0.122. The number of rotatable bonds is 8. The molecule has 0 saturated carbocycles. The highest BCUT2D eigenvalue weighted by Crippen LogP contribution is 2.15. The molecule has 20 heavy (non-hydrogen) atoms. The number of sulfonamides is 1. The third-order valence-electron chi connectivity index (χ3n) is 3.51. The van der Waals surface area contributed by atoms with Crippen molar-refractivity contribution in [2.24, 2.45) is 0 Å². The summed E-state index contributed by atoms with van der Waals surface area (Å²) in [6.45, 7) is 3.74. The fourth-order valence-corrected chi connectivity index (χ4v) is 3.93. The molecule has 0 bridgehead atoms. The van der Waals surface area contributed by atoms with Gasteiger partial charge >= 0.3 is 0 Å². The first kappa shape index (κ1) is 17.4. The van der Waals surface area contributed by atoms with Gasteiger partial charge in [-0.15, -0.1) is 0 Å². The van der Waals surface area contributed by atoms with Crippen LogP contribution >= 0.6 is 0 Å². The number of hydrogen-bond donors (Lipinski definition) is 2. The predicted molar refractivity (Wildman–Crippen MR) is 80.0 cm³/mol. The summed E-state index contributed by atoms with van der Waals surface area (Å²) in [5.74, 6) is 0.281. The molecule has 0 unspecified atom stereocenters. The zero-order chi connectivity index (χ0) is 15.0. The quantitative estimate of drug-likeness (QED) is 0.633. The smallest absolute Gasteiger partial charge is 0.220 e. The maximum atomic E-state index is 11.9. The molecule has 0 aromatic carbocycles. The van der Waals surface area contributed by atoms with Crippen LogP contribution in [0.3, 0.4) is 0 Å². The van der Waals surface area contributed by atoms with Crippen molar-refractivity contribution in [1.29, 1.82) is 0 Å². The number of hydrogen-bond acceptors (Lipinski definition) is 4. The molecule has 1 saturated heterocycles. The van der Waals surface area contributed by atoms with E-state index < -0.39 is 10.0 Å². The van der Waals surface area contributed by atoms with Crippen molar-refractivity contribution < 1.29 is 13.2 Å². The van der Waals surface area contributed by atoms with Crippen molar-refractivity contribution in [3.05, 3.63) is 0 Å². The molecule has 6 nitrogen and oxygen atoms in total. The van der Waals surface area contributed by atoms with Gasteiger partial charge in [-0.25, -0.2) is 12.7 Å². The van der Waals surface area contributed by atoms with Crippen molar-refractivity contribution in [3.63, 3.8) is 0 Å². The van der Waals surface area contributed by atoms with E-state index in [-0.39, 0.29) is 17.7 Å². The van der Waals surface area contributed by atoms with Crippen molar-refractivity contribution in [1.82, 2.24) is 14.9 Å². The number of carbonyl (C=O) groups excluding carboxylic acids is 1. The van der Waals surface area contributed by atoms with E-state index in [0.717, 1.165) is 13.0 Å². The van der Waals surface area contributed by atoms with Gasteiger partial charge in [0.05, 0.1) is 5.75 Å². The third kappa shape index (κ3) is 5.76. The Hall–Kier alpha value is -0.660. The summed E-state index contributed by atoms with van der Waals surface area (Å²) in [5.41, 5.74) is 0. The van der Waals surface area contributed by atoms with E-state index in [0.29, 0.717) is 38.8 Å². The Morgan fingerprint density at radius 2 is 1.95 bits per heavy atom. The van der Waals surface area contributed by atoms with Gasteiger partial charge in [0.1, 0.15) is 0 Å². The highest BCUT2D eigenvalue weighted by molar-refractivity contribution is 7.89. The molecule has 0 atom stereocenters. The lowest BCUT2D eigenvalue weighted by atomic mass is 10.1. The van der Waals surface area contributed by atoms with Gasteiger partial charge in [0.2, 0.25) is 15.9 Å². The fourth-order valence-electron chi connectivity index (χ4n) is 2.39. The summed E-state index contributed by atoms with van der Waals surface area (Å²) in [6.07, 6.45) is 3.41. The monoisotopic (exact) mass is 305 g/mol. The maximum absolute atomic E-state index is 11.9. The maximum Gasteiger partial charge on any atom is 0.220 e. The molecule has 1 aliphatic heterocycles. The van der Waals surface area contributed by atoms with E-state index in [9.17, 15) is 13.2 Å². The first-order valence-electron chi connectivity index (χ1n) is 7.41. The first-order chi connectivity index (χ1) is 9.49. The van der Waals surface area contributed by atoms with Crippen molar-refractivity contribution in [2.75, 3.05) is 32.4 Å². The minimum Gasteiger partial charge on any atom is -0.353 e. The van der Waals surface area contributed by atoms with E-state index in [2.05, 4.69) is 10.6 Å². The van der Waals surface area contributed by atoms with Gasteiger partial charge in [0, 0.05) is 25.6 Å². The van der Waals surface area contributed by atoms with Crippen LogP contribution in [0.1, 0.15) is 39.0 Å². The van der Waals surface area contributed by atoms with Crippen LogP contribution in [-0.2, 0) is 14.8 Å². The summed E-state index contributed by atoms with van der Waals surface area (Å²) in [4.78, 5) is 11.7. The molecule has 0 aliphatic carbocycles. The second kappa shape index (κ2) is 8.59. The molecule has 1 heterocycles. The van der Waals surface area contributed by atoms with Crippen molar-refractivity contribution in [3.8, 4) is 0 Å². The molecular weight excluding hydrogens is 278 g/mol. The Morgan fingerprint density at radius 3 is 2.50 bits per heavy atom. The Bertz CT molecular complexity index is 390. The SMILES string of the molecule is CCCS(=O)(=O)N1CCC(NC(=O)CCCNC)CC1. The van der Waals surface area contributed by atoms with Crippen molar-refractivity contribution in [2.45, 2.75) is 45.1 Å². The van der Waals surface area contributed by atoms with Gasteiger partial charge < -0.3 is 10.6 Å². The standard InChI is InChI=1S/C13H27N3O3S/c1-3-11-20(18,19)16-9-6-12(7-10-16)15-13(17)5-4-8-14-2/h12,14H,3-11H2,1-2H3,(H,15,17). The van der Waals surface area contributed by atoms with E-state index in [1.807, 2.05) is 14.0 Å². The summed E-state index contributed by atoms with van der Waals surface area (Å²) in [6, 6.07) is 0.116. The Kier molecular flexibility index (Phi) is 7.47. The number of nitrogens with zero attached hydrogens (tertiary/aromatic N) is 1. The average Bonchev–Trinajstić information content (AvgIpc) is 2.39. The van der Waals surface area contributed by atoms with Gasteiger partial charge in [0.15, 0.2) is 0 Å². The normalized spacial score (nSPS) is 18.1. The second-order valence-corrected chi connectivity index (χ2v) is 7.35. The van der Waals surface area contributed by atoms with E-state index in [1.54, 1.807) is 4.31 Å². The summed E-state index contributed by atoms with van der Waals surface area (Å²) >= 11 is 0. The summed E-state index contributed by atoms with van der Waals surface area (Å²) in [5, 5.41) is 6.00. The second-order valence-electron chi connectivity index (χ2n) is 5.26. The highest BCUT2D eigenvalue weighted by Gasteiger charge is 2.27. The number of carbonyl (C=O) groups is 1. The highest BCUT2D eigenvalue weighted by atomic mass is 32.2. The van der Waals surface area contributed by atoms with Crippen LogP contribution in [0.2, 0.25) is 0 Å². The molecule has 0 aromatic rings. The van der Waals surface area contributed by atoms with Crippen LogP contribution in [0.15, 0.2) is 0 Å². The molecule has 2 N–H and O–H groups in total. The van der Waals surface area contributed by atoms with Gasteiger partial charge in [-0.1, -0.05) is 6.92 Å². The van der Waals surface area contributed by atoms with Gasteiger partial charge in [-0.3, -0.25) is 4.79 Å². The van der Waals surface area contributed by atoms with Crippen molar-refractivity contribution >= 4 is 15.9 Å². The fraction of sp³-hybridized carbons (Fsp3) is 0.923. The number of amides is 1.